The van der Waals surface area contributed by atoms with Crippen LogP contribution in [-0.4, -0.2) is 37.2 Å². The molecule has 2 aliphatic heterocycles. The van der Waals surface area contributed by atoms with Gasteiger partial charge < -0.3 is 10.6 Å². The zero-order valence-corrected chi connectivity index (χ0v) is 11.1. The molecule has 98 valence electrons. The molecular weight excluding hydrogens is 252 g/mol. The van der Waals surface area contributed by atoms with Crippen LogP contribution >= 0.6 is 0 Å². The highest BCUT2D eigenvalue weighted by atomic mass is 32.2. The predicted molar refractivity (Wildman–Crippen MR) is 68.2 cm³/mol. The van der Waals surface area contributed by atoms with Gasteiger partial charge in [0, 0.05) is 19.5 Å². The van der Waals surface area contributed by atoms with Crippen LogP contribution in [0.5, 0.6) is 0 Å². The summed E-state index contributed by atoms with van der Waals surface area (Å²) in [4.78, 5) is 10.6. The third-order valence-electron chi connectivity index (χ3n) is 3.58. The number of hydrogen-bond acceptors (Lipinski definition) is 6. The molecule has 3 rings (SSSR count). The Hall–Kier alpha value is -1.37. The molecule has 1 aromatic heterocycles. The lowest BCUT2D eigenvalue weighted by Gasteiger charge is -2.19. The maximum atomic E-state index is 12.1. The van der Waals surface area contributed by atoms with Crippen molar-refractivity contribution in [1.29, 1.82) is 0 Å². The van der Waals surface area contributed by atoms with E-state index >= 15 is 0 Å². The number of sulfone groups is 1. The van der Waals surface area contributed by atoms with E-state index in [0.717, 1.165) is 19.5 Å². The summed E-state index contributed by atoms with van der Waals surface area (Å²) < 4.78 is 24.2. The van der Waals surface area contributed by atoms with Gasteiger partial charge in [0.1, 0.15) is 4.90 Å². The standard InChI is InChI=1S/C11H16N4O2S/c1-7-2-4-15(6-7)10-9-8(13-11(12)14-10)3-5-18(9,16)17/h7H,2-6H2,1H3,(H2,12,13,14). The van der Waals surface area contributed by atoms with Gasteiger partial charge in [-0.3, -0.25) is 0 Å². The topological polar surface area (TPSA) is 89.2 Å². The molecule has 0 spiro atoms. The summed E-state index contributed by atoms with van der Waals surface area (Å²) in [6, 6.07) is 0. The molecule has 18 heavy (non-hydrogen) atoms. The second-order valence-corrected chi connectivity index (χ2v) is 7.14. The summed E-state index contributed by atoms with van der Waals surface area (Å²) >= 11 is 0. The van der Waals surface area contributed by atoms with Crippen LogP contribution in [0.2, 0.25) is 0 Å². The van der Waals surface area contributed by atoms with E-state index < -0.39 is 9.84 Å². The lowest BCUT2D eigenvalue weighted by Crippen LogP contribution is -2.23. The molecule has 3 heterocycles. The smallest absolute Gasteiger partial charge is 0.222 e. The molecule has 0 amide bonds. The Balaban J connectivity index is 2.15. The number of nitrogens with zero attached hydrogens (tertiary/aromatic N) is 3. The summed E-state index contributed by atoms with van der Waals surface area (Å²) in [5.41, 5.74) is 6.26. The van der Waals surface area contributed by atoms with Crippen molar-refractivity contribution in [3.8, 4) is 0 Å². The van der Waals surface area contributed by atoms with Gasteiger partial charge in [-0.25, -0.2) is 13.4 Å². The highest BCUT2D eigenvalue weighted by Crippen LogP contribution is 2.35. The molecule has 1 saturated heterocycles. The van der Waals surface area contributed by atoms with Crippen LogP contribution < -0.4 is 10.6 Å². The second-order valence-electron chi connectivity index (χ2n) is 5.09. The van der Waals surface area contributed by atoms with Crippen LogP contribution in [0.4, 0.5) is 11.8 Å². The van der Waals surface area contributed by atoms with Crippen molar-refractivity contribution in [3.63, 3.8) is 0 Å². The number of hydrogen-bond donors (Lipinski definition) is 1. The molecule has 2 N–H and O–H groups in total. The number of rotatable bonds is 1. The summed E-state index contributed by atoms with van der Waals surface area (Å²) in [6.45, 7) is 3.82. The lowest BCUT2D eigenvalue weighted by atomic mass is 10.2. The normalized spacial score (nSPS) is 25.4. The molecule has 1 unspecified atom stereocenters. The van der Waals surface area contributed by atoms with Crippen LogP contribution in [0.15, 0.2) is 4.90 Å². The van der Waals surface area contributed by atoms with Crippen LogP contribution in [0.3, 0.4) is 0 Å². The van der Waals surface area contributed by atoms with E-state index in [0.29, 0.717) is 28.7 Å². The Labute approximate surface area is 106 Å². The van der Waals surface area contributed by atoms with Gasteiger partial charge in [0.25, 0.3) is 0 Å². The SMILES string of the molecule is CC1CCN(c2nc(N)nc3c2S(=O)(=O)CC3)C1. The van der Waals surface area contributed by atoms with E-state index in [-0.39, 0.29) is 11.7 Å². The first-order chi connectivity index (χ1) is 8.47. The van der Waals surface area contributed by atoms with E-state index in [4.69, 9.17) is 5.73 Å². The van der Waals surface area contributed by atoms with Crippen LogP contribution in [0, 0.1) is 5.92 Å². The molecule has 7 heteroatoms. The van der Waals surface area contributed by atoms with Crippen molar-refractivity contribution in [2.75, 3.05) is 29.5 Å². The summed E-state index contributed by atoms with van der Waals surface area (Å²) in [5.74, 6) is 1.36. The van der Waals surface area contributed by atoms with Crippen molar-refractivity contribution >= 4 is 21.6 Å². The number of nitrogen functional groups attached to an aromatic ring is 1. The van der Waals surface area contributed by atoms with Crippen LogP contribution in [0.25, 0.3) is 0 Å². The second kappa shape index (κ2) is 3.81. The van der Waals surface area contributed by atoms with Crippen LogP contribution in [-0.2, 0) is 16.3 Å². The van der Waals surface area contributed by atoms with Gasteiger partial charge in [0.15, 0.2) is 15.7 Å². The van der Waals surface area contributed by atoms with Gasteiger partial charge in [-0.15, -0.1) is 0 Å². The number of aromatic nitrogens is 2. The minimum Gasteiger partial charge on any atom is -0.368 e. The van der Waals surface area contributed by atoms with Crippen molar-refractivity contribution in [2.45, 2.75) is 24.7 Å². The summed E-state index contributed by atoms with van der Waals surface area (Å²) in [7, 11) is -3.23. The van der Waals surface area contributed by atoms with Gasteiger partial charge in [0.2, 0.25) is 5.95 Å². The fourth-order valence-electron chi connectivity index (χ4n) is 2.67. The first kappa shape index (κ1) is 11.7. The van der Waals surface area contributed by atoms with E-state index in [2.05, 4.69) is 16.9 Å². The first-order valence-electron chi connectivity index (χ1n) is 6.11. The molecule has 1 atom stereocenters. The minimum atomic E-state index is -3.23. The fourth-order valence-corrected chi connectivity index (χ4v) is 4.29. The number of fused-ring (bicyclic) bond motifs is 1. The third-order valence-corrected chi connectivity index (χ3v) is 5.36. The molecule has 0 radical (unpaired) electrons. The minimum absolute atomic E-state index is 0.122. The highest BCUT2D eigenvalue weighted by molar-refractivity contribution is 7.91. The van der Waals surface area contributed by atoms with Crippen molar-refractivity contribution in [3.05, 3.63) is 5.69 Å². The number of anilines is 2. The average Bonchev–Trinajstić information content (AvgIpc) is 2.83. The van der Waals surface area contributed by atoms with Crippen molar-refractivity contribution < 1.29 is 8.42 Å². The van der Waals surface area contributed by atoms with Gasteiger partial charge in [0.05, 0.1) is 11.4 Å². The first-order valence-corrected chi connectivity index (χ1v) is 7.76. The molecule has 0 saturated carbocycles. The van der Waals surface area contributed by atoms with E-state index in [1.807, 2.05) is 4.90 Å². The van der Waals surface area contributed by atoms with E-state index in [9.17, 15) is 8.42 Å². The maximum absolute atomic E-state index is 12.1. The Bertz CT molecular complexity index is 599. The molecule has 1 fully saturated rings. The molecule has 0 bridgehead atoms. The van der Waals surface area contributed by atoms with E-state index in [1.165, 1.54) is 0 Å². The quantitative estimate of drug-likeness (QED) is 0.784. The molecule has 0 aromatic carbocycles. The Kier molecular flexibility index (Phi) is 2.48. The molecule has 0 aliphatic carbocycles. The Morgan fingerprint density at radius 3 is 2.83 bits per heavy atom. The van der Waals surface area contributed by atoms with Gasteiger partial charge in [-0.05, 0) is 12.3 Å². The molecule has 2 aliphatic rings. The number of nitrogens with two attached hydrogens (primary N) is 1. The van der Waals surface area contributed by atoms with Crippen LogP contribution in [0.1, 0.15) is 19.0 Å². The van der Waals surface area contributed by atoms with Crippen molar-refractivity contribution in [2.24, 2.45) is 5.92 Å². The van der Waals surface area contributed by atoms with E-state index in [1.54, 1.807) is 0 Å². The van der Waals surface area contributed by atoms with Gasteiger partial charge in [-0.1, -0.05) is 6.92 Å². The van der Waals surface area contributed by atoms with Gasteiger partial charge in [-0.2, -0.15) is 4.98 Å². The molecule has 1 aromatic rings. The largest absolute Gasteiger partial charge is 0.368 e. The Morgan fingerprint density at radius 2 is 2.17 bits per heavy atom. The third kappa shape index (κ3) is 1.73. The predicted octanol–water partition coefficient (Wildman–Crippen LogP) is 0.235. The summed E-state index contributed by atoms with van der Waals surface area (Å²) in [5, 5.41) is 0. The summed E-state index contributed by atoms with van der Waals surface area (Å²) in [6.07, 6.45) is 1.50. The highest BCUT2D eigenvalue weighted by Gasteiger charge is 2.35. The fraction of sp³-hybridized carbons (Fsp3) is 0.636. The van der Waals surface area contributed by atoms with Gasteiger partial charge >= 0.3 is 0 Å². The average molecular weight is 268 g/mol. The molecule has 6 nitrogen and oxygen atoms in total. The Morgan fingerprint density at radius 1 is 1.39 bits per heavy atom. The lowest BCUT2D eigenvalue weighted by molar-refractivity contribution is 0.599. The van der Waals surface area contributed by atoms with Crippen molar-refractivity contribution in [1.82, 2.24) is 9.97 Å². The number of aryl methyl sites for hydroxylation is 1. The zero-order chi connectivity index (χ0) is 12.9. The monoisotopic (exact) mass is 268 g/mol. The maximum Gasteiger partial charge on any atom is 0.222 e. The zero-order valence-electron chi connectivity index (χ0n) is 10.3. The molecular formula is C11H16N4O2S.